The molecule has 0 saturated heterocycles. The number of benzene rings is 1. The molecule has 0 radical (unpaired) electrons. The lowest BCUT2D eigenvalue weighted by Crippen LogP contribution is -2.36. The highest BCUT2D eigenvalue weighted by atomic mass is 16.5. The molecule has 1 aromatic rings. The normalized spacial score (nSPS) is 30.5. The van der Waals surface area contributed by atoms with Gasteiger partial charge in [-0.3, -0.25) is 4.99 Å². The maximum Gasteiger partial charge on any atom is 0.193 e. The lowest BCUT2D eigenvalue weighted by Gasteiger charge is -2.31. The van der Waals surface area contributed by atoms with Crippen molar-refractivity contribution in [2.75, 3.05) is 19.0 Å². The molecule has 5 heteroatoms. The monoisotopic (exact) mass is 303 g/mol. The molecule has 3 unspecified atom stereocenters. The number of fused-ring (bicyclic) bond motifs is 2. The third kappa shape index (κ3) is 3.19. The molecular weight excluding hydrogens is 278 g/mol. The van der Waals surface area contributed by atoms with Gasteiger partial charge in [-0.05, 0) is 68.2 Å². The van der Waals surface area contributed by atoms with Crippen molar-refractivity contribution >= 4 is 11.6 Å². The second-order valence-electron chi connectivity index (χ2n) is 6.55. The standard InChI is InChI=1S/C17H25N3O2/c1-22-15-6-4-14(5-7-15)20-16(18)19-9-8-17(21)11-12-2-3-13(17)10-12/h4-7,12-13,21H,2-3,8-11H2,1H3,(H3,18,19,20). The first-order valence-corrected chi connectivity index (χ1v) is 8.02. The fraction of sp³-hybridized carbons (Fsp3) is 0.588. The smallest absolute Gasteiger partial charge is 0.193 e. The second-order valence-corrected chi connectivity index (χ2v) is 6.55. The van der Waals surface area contributed by atoms with Crippen molar-refractivity contribution in [1.29, 1.82) is 0 Å². The van der Waals surface area contributed by atoms with Crippen molar-refractivity contribution < 1.29 is 9.84 Å². The Morgan fingerprint density at radius 2 is 2.18 bits per heavy atom. The average molecular weight is 303 g/mol. The average Bonchev–Trinajstić information content (AvgIpc) is 3.08. The van der Waals surface area contributed by atoms with Gasteiger partial charge in [0.15, 0.2) is 5.96 Å². The summed E-state index contributed by atoms with van der Waals surface area (Å²) in [6, 6.07) is 7.52. The number of aliphatic imine (C=N–C) groups is 1. The first kappa shape index (κ1) is 15.2. The zero-order chi connectivity index (χ0) is 15.6. The van der Waals surface area contributed by atoms with E-state index in [0.29, 0.717) is 24.8 Å². The highest BCUT2D eigenvalue weighted by molar-refractivity contribution is 5.92. The number of guanidine groups is 1. The van der Waals surface area contributed by atoms with Gasteiger partial charge in [0.1, 0.15) is 5.75 Å². The Balaban J connectivity index is 1.49. The van der Waals surface area contributed by atoms with E-state index < -0.39 is 5.60 Å². The van der Waals surface area contributed by atoms with Crippen LogP contribution in [0.4, 0.5) is 5.69 Å². The van der Waals surface area contributed by atoms with Crippen LogP contribution in [0.5, 0.6) is 5.75 Å². The Morgan fingerprint density at radius 3 is 2.77 bits per heavy atom. The first-order valence-electron chi connectivity index (χ1n) is 8.02. The summed E-state index contributed by atoms with van der Waals surface area (Å²) in [4.78, 5) is 4.35. The summed E-state index contributed by atoms with van der Waals surface area (Å²) in [5, 5.41) is 13.8. The van der Waals surface area contributed by atoms with E-state index in [0.717, 1.165) is 23.8 Å². The number of aliphatic hydroxyl groups is 1. The highest BCUT2D eigenvalue weighted by Gasteiger charge is 2.49. The van der Waals surface area contributed by atoms with Crippen LogP contribution in [0.15, 0.2) is 29.3 Å². The summed E-state index contributed by atoms with van der Waals surface area (Å²) < 4.78 is 5.11. The van der Waals surface area contributed by atoms with Crippen molar-refractivity contribution in [3.8, 4) is 5.75 Å². The molecule has 5 nitrogen and oxygen atoms in total. The molecule has 2 saturated carbocycles. The van der Waals surface area contributed by atoms with Crippen LogP contribution in [-0.4, -0.2) is 30.3 Å². The van der Waals surface area contributed by atoms with Gasteiger partial charge in [-0.1, -0.05) is 0 Å². The van der Waals surface area contributed by atoms with Crippen LogP contribution >= 0.6 is 0 Å². The lowest BCUT2D eigenvalue weighted by molar-refractivity contribution is -0.0181. The number of nitrogens with one attached hydrogen (secondary N) is 1. The van der Waals surface area contributed by atoms with Crippen molar-refractivity contribution in [2.45, 2.75) is 37.7 Å². The molecule has 0 spiro atoms. The molecule has 2 aliphatic carbocycles. The van der Waals surface area contributed by atoms with Gasteiger partial charge in [-0.2, -0.15) is 0 Å². The fourth-order valence-corrected chi connectivity index (χ4v) is 3.95. The molecule has 120 valence electrons. The SMILES string of the molecule is COc1ccc(NC(N)=NCCC2(O)CC3CCC2C3)cc1. The van der Waals surface area contributed by atoms with E-state index >= 15 is 0 Å². The van der Waals surface area contributed by atoms with Gasteiger partial charge in [0.25, 0.3) is 0 Å². The highest BCUT2D eigenvalue weighted by Crippen LogP contribution is 2.52. The van der Waals surface area contributed by atoms with Gasteiger partial charge >= 0.3 is 0 Å². The van der Waals surface area contributed by atoms with Crippen LogP contribution in [0, 0.1) is 11.8 Å². The zero-order valence-electron chi connectivity index (χ0n) is 13.1. The van der Waals surface area contributed by atoms with Crippen LogP contribution in [-0.2, 0) is 0 Å². The van der Waals surface area contributed by atoms with Crippen molar-refractivity contribution in [3.05, 3.63) is 24.3 Å². The molecule has 3 atom stereocenters. The van der Waals surface area contributed by atoms with E-state index in [1.54, 1.807) is 7.11 Å². The minimum atomic E-state index is -0.507. The quantitative estimate of drug-likeness (QED) is 0.576. The Kier molecular flexibility index (Phi) is 4.25. The predicted molar refractivity (Wildman–Crippen MR) is 88.1 cm³/mol. The maximum atomic E-state index is 10.7. The largest absolute Gasteiger partial charge is 0.497 e. The molecule has 0 aliphatic heterocycles. The van der Waals surface area contributed by atoms with Gasteiger partial charge in [0.2, 0.25) is 0 Å². The minimum absolute atomic E-state index is 0.386. The Hall–Kier alpha value is -1.75. The van der Waals surface area contributed by atoms with Crippen molar-refractivity contribution in [3.63, 3.8) is 0 Å². The van der Waals surface area contributed by atoms with Crippen LogP contribution < -0.4 is 15.8 Å². The molecule has 2 bridgehead atoms. The predicted octanol–water partition coefficient (Wildman–Crippen LogP) is 2.36. The molecule has 2 aliphatic rings. The number of rotatable bonds is 5. The molecule has 0 aromatic heterocycles. The molecule has 1 aromatic carbocycles. The van der Waals surface area contributed by atoms with Crippen molar-refractivity contribution in [1.82, 2.24) is 0 Å². The number of hydrogen-bond acceptors (Lipinski definition) is 3. The van der Waals surface area contributed by atoms with Gasteiger partial charge in [0, 0.05) is 12.2 Å². The second kappa shape index (κ2) is 6.16. The van der Waals surface area contributed by atoms with Gasteiger partial charge < -0.3 is 20.9 Å². The lowest BCUT2D eigenvalue weighted by atomic mass is 9.82. The van der Waals surface area contributed by atoms with Crippen LogP contribution in [0.25, 0.3) is 0 Å². The van der Waals surface area contributed by atoms with Crippen LogP contribution in [0.2, 0.25) is 0 Å². The Bertz CT molecular complexity index is 543. The first-order chi connectivity index (χ1) is 10.6. The molecule has 0 heterocycles. The third-order valence-corrected chi connectivity index (χ3v) is 5.13. The summed E-state index contributed by atoms with van der Waals surface area (Å²) in [6.45, 7) is 0.564. The Labute approximate surface area is 131 Å². The summed E-state index contributed by atoms with van der Waals surface area (Å²) in [7, 11) is 1.64. The summed E-state index contributed by atoms with van der Waals surface area (Å²) in [6.07, 6.45) is 5.31. The fourth-order valence-electron chi connectivity index (χ4n) is 3.95. The van der Waals surface area contributed by atoms with Crippen LogP contribution in [0.1, 0.15) is 32.1 Å². The molecule has 22 heavy (non-hydrogen) atoms. The van der Waals surface area contributed by atoms with Crippen LogP contribution in [0.3, 0.4) is 0 Å². The van der Waals surface area contributed by atoms with Gasteiger partial charge in [-0.15, -0.1) is 0 Å². The summed E-state index contributed by atoms with van der Waals surface area (Å²) in [5.74, 6) is 2.40. The molecule has 3 rings (SSSR count). The van der Waals surface area contributed by atoms with Crippen molar-refractivity contribution in [2.24, 2.45) is 22.6 Å². The zero-order valence-corrected chi connectivity index (χ0v) is 13.1. The number of anilines is 1. The summed E-state index contributed by atoms with van der Waals surface area (Å²) in [5.41, 5.74) is 6.27. The van der Waals surface area contributed by atoms with Gasteiger partial charge in [-0.25, -0.2) is 0 Å². The maximum absolute atomic E-state index is 10.7. The number of methoxy groups -OCH3 is 1. The number of hydrogen-bond donors (Lipinski definition) is 3. The van der Waals surface area contributed by atoms with E-state index in [2.05, 4.69) is 10.3 Å². The number of ether oxygens (including phenoxy) is 1. The number of nitrogens with two attached hydrogens (primary N) is 1. The third-order valence-electron chi connectivity index (χ3n) is 5.13. The van der Waals surface area contributed by atoms with E-state index in [-0.39, 0.29) is 0 Å². The topological polar surface area (TPSA) is 79.9 Å². The molecule has 0 amide bonds. The summed E-state index contributed by atoms with van der Waals surface area (Å²) >= 11 is 0. The van der Waals surface area contributed by atoms with E-state index in [4.69, 9.17) is 10.5 Å². The Morgan fingerprint density at radius 1 is 1.41 bits per heavy atom. The molecule has 2 fully saturated rings. The molecule has 4 N–H and O–H groups in total. The van der Waals surface area contributed by atoms with E-state index in [9.17, 15) is 5.11 Å². The van der Waals surface area contributed by atoms with Gasteiger partial charge in [0.05, 0.1) is 12.7 Å². The number of nitrogens with zero attached hydrogens (tertiary/aromatic N) is 1. The molecular formula is C17H25N3O2. The minimum Gasteiger partial charge on any atom is -0.497 e. The van der Waals surface area contributed by atoms with E-state index in [1.807, 2.05) is 24.3 Å². The van der Waals surface area contributed by atoms with E-state index in [1.165, 1.54) is 19.3 Å².